The topological polar surface area (TPSA) is 63.2 Å². The molecule has 1 N–H and O–H groups in total. The van der Waals surface area contributed by atoms with Crippen LogP contribution in [0.15, 0.2) is 30.3 Å². The Labute approximate surface area is 148 Å². The van der Waals surface area contributed by atoms with E-state index >= 15 is 0 Å². The van der Waals surface area contributed by atoms with Crippen molar-refractivity contribution in [3.8, 4) is 0 Å². The van der Waals surface area contributed by atoms with Crippen LogP contribution in [0.1, 0.15) is 43.7 Å². The van der Waals surface area contributed by atoms with Crippen molar-refractivity contribution in [2.45, 2.75) is 43.4 Å². The van der Waals surface area contributed by atoms with E-state index < -0.39 is 9.84 Å². The van der Waals surface area contributed by atoms with E-state index in [9.17, 15) is 13.2 Å². The van der Waals surface area contributed by atoms with Crippen LogP contribution in [0.2, 0.25) is 0 Å². The zero-order chi connectivity index (χ0) is 17.0. The highest BCUT2D eigenvalue weighted by atomic mass is 32.2. The number of rotatable bonds is 6. The molecule has 2 fully saturated rings. The number of hydrogen-bond donors (Lipinski definition) is 1. The van der Waals surface area contributed by atoms with Gasteiger partial charge in [-0.15, -0.1) is 11.8 Å². The highest BCUT2D eigenvalue weighted by Gasteiger charge is 2.30. The first-order chi connectivity index (χ1) is 11.5. The molecule has 1 aliphatic heterocycles. The molecule has 2 unspecified atom stereocenters. The van der Waals surface area contributed by atoms with Crippen LogP contribution in [0.25, 0.3) is 0 Å². The second-order valence-electron chi connectivity index (χ2n) is 6.84. The van der Waals surface area contributed by atoms with Crippen molar-refractivity contribution in [1.82, 2.24) is 5.32 Å². The summed E-state index contributed by atoms with van der Waals surface area (Å²) in [6.45, 7) is 0. The van der Waals surface area contributed by atoms with E-state index in [0.29, 0.717) is 18.1 Å². The lowest BCUT2D eigenvalue weighted by Gasteiger charge is -2.25. The van der Waals surface area contributed by atoms with Crippen molar-refractivity contribution < 1.29 is 13.2 Å². The Balaban J connectivity index is 1.57. The van der Waals surface area contributed by atoms with E-state index in [1.807, 2.05) is 18.2 Å². The summed E-state index contributed by atoms with van der Waals surface area (Å²) < 4.78 is 23.0. The van der Waals surface area contributed by atoms with Gasteiger partial charge in [-0.05, 0) is 30.7 Å². The SMILES string of the molecule is O=C(CSC1CCS(=O)(=O)C1)NC(c1ccccc1)C1CCCC1. The predicted molar refractivity (Wildman–Crippen MR) is 98.8 cm³/mol. The van der Waals surface area contributed by atoms with Gasteiger partial charge in [-0.3, -0.25) is 4.79 Å². The third-order valence-corrected chi connectivity index (χ3v) is 8.27. The highest BCUT2D eigenvalue weighted by Crippen LogP contribution is 2.35. The van der Waals surface area contributed by atoms with Crippen LogP contribution in [0.3, 0.4) is 0 Å². The minimum Gasteiger partial charge on any atom is -0.348 e. The number of carbonyl (C=O) groups excluding carboxylic acids is 1. The van der Waals surface area contributed by atoms with Gasteiger partial charge in [0.05, 0.1) is 23.3 Å². The molecule has 132 valence electrons. The molecule has 0 spiro atoms. The van der Waals surface area contributed by atoms with Gasteiger partial charge < -0.3 is 5.32 Å². The molecular weight excluding hydrogens is 342 g/mol. The Morgan fingerprint density at radius 1 is 1.17 bits per heavy atom. The average Bonchev–Trinajstić information content (AvgIpc) is 3.21. The zero-order valence-electron chi connectivity index (χ0n) is 13.8. The van der Waals surface area contributed by atoms with E-state index in [-0.39, 0.29) is 28.7 Å². The number of benzene rings is 1. The van der Waals surface area contributed by atoms with Crippen molar-refractivity contribution >= 4 is 27.5 Å². The van der Waals surface area contributed by atoms with Crippen molar-refractivity contribution in [1.29, 1.82) is 0 Å². The maximum Gasteiger partial charge on any atom is 0.230 e. The summed E-state index contributed by atoms with van der Waals surface area (Å²) in [5.41, 5.74) is 1.17. The zero-order valence-corrected chi connectivity index (χ0v) is 15.4. The normalized spacial score (nSPS) is 24.8. The molecule has 1 aliphatic carbocycles. The molecule has 0 aromatic heterocycles. The van der Waals surface area contributed by atoms with Crippen molar-refractivity contribution in [3.63, 3.8) is 0 Å². The van der Waals surface area contributed by atoms with Gasteiger partial charge >= 0.3 is 0 Å². The van der Waals surface area contributed by atoms with Gasteiger partial charge in [0.2, 0.25) is 5.91 Å². The summed E-state index contributed by atoms with van der Waals surface area (Å²) in [5.74, 6) is 1.35. The van der Waals surface area contributed by atoms with Gasteiger partial charge in [-0.2, -0.15) is 0 Å². The fourth-order valence-corrected chi connectivity index (χ4v) is 7.18. The molecule has 24 heavy (non-hydrogen) atoms. The predicted octanol–water partition coefficient (Wildman–Crippen LogP) is 2.95. The molecule has 3 rings (SSSR count). The quantitative estimate of drug-likeness (QED) is 0.840. The maximum atomic E-state index is 12.4. The second kappa shape index (κ2) is 7.91. The Morgan fingerprint density at radius 2 is 1.88 bits per heavy atom. The summed E-state index contributed by atoms with van der Waals surface area (Å²) in [4.78, 5) is 12.4. The van der Waals surface area contributed by atoms with Gasteiger partial charge in [-0.1, -0.05) is 43.2 Å². The first-order valence-electron chi connectivity index (χ1n) is 8.70. The number of thioether (sulfide) groups is 1. The molecule has 1 saturated carbocycles. The molecule has 2 atom stereocenters. The van der Waals surface area contributed by atoms with Crippen molar-refractivity contribution in [2.24, 2.45) is 5.92 Å². The number of hydrogen-bond acceptors (Lipinski definition) is 4. The molecule has 0 radical (unpaired) electrons. The summed E-state index contributed by atoms with van der Waals surface area (Å²) in [6.07, 6.45) is 5.46. The lowest BCUT2D eigenvalue weighted by molar-refractivity contribution is -0.119. The van der Waals surface area contributed by atoms with Crippen LogP contribution in [0, 0.1) is 5.92 Å². The smallest absolute Gasteiger partial charge is 0.230 e. The van der Waals surface area contributed by atoms with Gasteiger partial charge in [0.1, 0.15) is 0 Å². The van der Waals surface area contributed by atoms with Crippen LogP contribution in [-0.4, -0.2) is 36.8 Å². The van der Waals surface area contributed by atoms with Gasteiger partial charge in [0, 0.05) is 5.25 Å². The molecule has 6 heteroatoms. The molecule has 1 aromatic carbocycles. The van der Waals surface area contributed by atoms with Crippen molar-refractivity contribution in [2.75, 3.05) is 17.3 Å². The number of nitrogens with one attached hydrogen (secondary N) is 1. The number of carbonyl (C=O) groups is 1. The Morgan fingerprint density at radius 3 is 2.50 bits per heavy atom. The van der Waals surface area contributed by atoms with Crippen LogP contribution in [0.5, 0.6) is 0 Å². The maximum absolute atomic E-state index is 12.4. The molecule has 2 aliphatic rings. The molecular formula is C18H25NO3S2. The van der Waals surface area contributed by atoms with Crippen LogP contribution in [0.4, 0.5) is 0 Å². The summed E-state index contributed by atoms with van der Waals surface area (Å²) in [6, 6.07) is 10.3. The summed E-state index contributed by atoms with van der Waals surface area (Å²) in [5, 5.41) is 3.28. The largest absolute Gasteiger partial charge is 0.348 e. The van der Waals surface area contributed by atoms with Gasteiger partial charge in [-0.25, -0.2) is 8.42 Å². The molecule has 1 aromatic rings. The molecule has 0 bridgehead atoms. The fraction of sp³-hybridized carbons (Fsp3) is 0.611. The second-order valence-corrected chi connectivity index (χ2v) is 10.4. The first-order valence-corrected chi connectivity index (χ1v) is 11.6. The van der Waals surface area contributed by atoms with Gasteiger partial charge in [0.15, 0.2) is 9.84 Å². The summed E-state index contributed by atoms with van der Waals surface area (Å²) in [7, 11) is -2.88. The lowest BCUT2D eigenvalue weighted by atomic mass is 9.91. The Kier molecular flexibility index (Phi) is 5.87. The third-order valence-electron chi connectivity index (χ3n) is 4.99. The number of amides is 1. The minimum atomic E-state index is -2.88. The van der Waals surface area contributed by atoms with Crippen LogP contribution < -0.4 is 5.32 Å². The molecule has 4 nitrogen and oxygen atoms in total. The van der Waals surface area contributed by atoms with E-state index in [0.717, 1.165) is 12.8 Å². The van der Waals surface area contributed by atoms with Gasteiger partial charge in [0.25, 0.3) is 0 Å². The monoisotopic (exact) mass is 367 g/mol. The lowest BCUT2D eigenvalue weighted by Crippen LogP contribution is -2.34. The Bertz CT molecular complexity index is 654. The molecule has 1 amide bonds. The van der Waals surface area contributed by atoms with E-state index in [4.69, 9.17) is 0 Å². The minimum absolute atomic E-state index is 0.0186. The average molecular weight is 368 g/mol. The van der Waals surface area contributed by atoms with Crippen molar-refractivity contribution in [3.05, 3.63) is 35.9 Å². The highest BCUT2D eigenvalue weighted by molar-refractivity contribution is 8.02. The molecule has 1 saturated heterocycles. The molecule has 1 heterocycles. The fourth-order valence-electron chi connectivity index (χ4n) is 3.73. The first kappa shape index (κ1) is 17.8. The Hall–Kier alpha value is -1.01. The van der Waals surface area contributed by atoms with Crippen LogP contribution in [-0.2, 0) is 14.6 Å². The van der Waals surface area contributed by atoms with E-state index in [1.165, 1.54) is 30.2 Å². The number of sulfone groups is 1. The van der Waals surface area contributed by atoms with E-state index in [1.54, 1.807) is 0 Å². The van der Waals surface area contributed by atoms with E-state index in [2.05, 4.69) is 17.4 Å². The third kappa shape index (κ3) is 4.76. The summed E-state index contributed by atoms with van der Waals surface area (Å²) >= 11 is 1.48. The van der Waals surface area contributed by atoms with Crippen LogP contribution >= 0.6 is 11.8 Å². The standard InChI is InChI=1S/C18H25NO3S2/c20-17(12-23-16-10-11-24(21,22)13-16)19-18(15-8-4-5-9-15)14-6-2-1-3-7-14/h1-3,6-7,15-16,18H,4-5,8-13H2,(H,19,20).